The van der Waals surface area contributed by atoms with E-state index in [0.717, 1.165) is 16.9 Å². The van der Waals surface area contributed by atoms with Crippen LogP contribution in [0.1, 0.15) is 10.4 Å². The van der Waals surface area contributed by atoms with Crippen molar-refractivity contribution in [1.82, 2.24) is 19.7 Å². The number of benzene rings is 1. The van der Waals surface area contributed by atoms with Crippen LogP contribution in [0.2, 0.25) is 0 Å². The van der Waals surface area contributed by atoms with E-state index in [4.69, 9.17) is 5.11 Å². The number of fused-ring (bicyclic) bond motifs is 1. The average molecular weight is 274 g/mol. The largest absolute Gasteiger partial charge is 0.478 e. The van der Waals surface area contributed by atoms with Crippen molar-refractivity contribution in [1.29, 1.82) is 0 Å². The van der Waals surface area contributed by atoms with Crippen molar-refractivity contribution in [3.05, 3.63) is 52.3 Å². The summed E-state index contributed by atoms with van der Waals surface area (Å²) in [7, 11) is 0. The van der Waals surface area contributed by atoms with Gasteiger partial charge < -0.3 is 5.11 Å². The van der Waals surface area contributed by atoms with Crippen molar-refractivity contribution in [2.45, 2.75) is 0 Å². The number of halogens is 1. The molecule has 3 rings (SSSR count). The third kappa shape index (κ3) is 1.92. The molecule has 7 nitrogen and oxygen atoms in total. The molecular weight excluding hydrogens is 267 g/mol. The van der Waals surface area contributed by atoms with Crippen molar-refractivity contribution in [2.24, 2.45) is 0 Å². The number of carboxylic acid groups (broad SMARTS) is 1. The van der Waals surface area contributed by atoms with Crippen LogP contribution in [0, 0.1) is 5.82 Å². The number of H-pyrrole nitrogens is 1. The quantitative estimate of drug-likeness (QED) is 0.724. The molecule has 0 amide bonds. The third-order valence-corrected chi connectivity index (χ3v) is 2.70. The molecule has 0 spiro atoms. The zero-order valence-electron chi connectivity index (χ0n) is 9.87. The number of carboxylic acids is 1. The Bertz CT molecular complexity index is 884. The minimum Gasteiger partial charge on any atom is -0.478 e. The second-order valence-corrected chi connectivity index (χ2v) is 4.03. The van der Waals surface area contributed by atoms with E-state index >= 15 is 0 Å². The number of aromatic carboxylic acids is 1. The molecule has 0 saturated heterocycles. The maximum Gasteiger partial charge on any atom is 0.338 e. The van der Waals surface area contributed by atoms with Crippen molar-refractivity contribution < 1.29 is 14.3 Å². The Kier molecular flexibility index (Phi) is 2.56. The zero-order chi connectivity index (χ0) is 14.3. The molecule has 2 heterocycles. The number of rotatable bonds is 2. The highest BCUT2D eigenvalue weighted by Gasteiger charge is 2.10. The smallest absolute Gasteiger partial charge is 0.338 e. The molecule has 0 unspecified atom stereocenters. The van der Waals surface area contributed by atoms with Gasteiger partial charge in [0.2, 0.25) is 5.95 Å². The van der Waals surface area contributed by atoms with Crippen LogP contribution in [0.25, 0.3) is 16.9 Å². The van der Waals surface area contributed by atoms with Crippen LogP contribution in [-0.2, 0) is 0 Å². The Morgan fingerprint density at radius 3 is 2.90 bits per heavy atom. The molecule has 2 N–H and O–H groups in total. The third-order valence-electron chi connectivity index (χ3n) is 2.70. The molecule has 100 valence electrons. The monoisotopic (exact) mass is 274 g/mol. The summed E-state index contributed by atoms with van der Waals surface area (Å²) in [4.78, 5) is 29.1. The standard InChI is InChI=1S/C12H7FN4O3/c13-7-1-2-9-8(3-7)10(18)16-12(15-9)17-5-6(4-14-17)11(19)20/h1-5H,(H,19,20)(H,15,16,18). The lowest BCUT2D eigenvalue weighted by Crippen LogP contribution is -2.14. The summed E-state index contributed by atoms with van der Waals surface area (Å²) in [6, 6.07) is 3.63. The number of hydrogen-bond donors (Lipinski definition) is 2. The molecule has 0 atom stereocenters. The lowest BCUT2D eigenvalue weighted by Gasteiger charge is -2.02. The van der Waals surface area contributed by atoms with Crippen LogP contribution < -0.4 is 5.56 Å². The summed E-state index contributed by atoms with van der Waals surface area (Å²) in [5.41, 5.74) is -0.277. The Labute approximate surface area is 110 Å². The predicted octanol–water partition coefficient (Wildman–Crippen LogP) is 0.946. The van der Waals surface area contributed by atoms with Crippen LogP contribution in [0.15, 0.2) is 35.4 Å². The second-order valence-electron chi connectivity index (χ2n) is 4.03. The minimum atomic E-state index is -1.14. The van der Waals surface area contributed by atoms with Gasteiger partial charge in [0.15, 0.2) is 0 Å². The predicted molar refractivity (Wildman–Crippen MR) is 66.4 cm³/mol. The molecule has 20 heavy (non-hydrogen) atoms. The lowest BCUT2D eigenvalue weighted by atomic mass is 10.2. The fourth-order valence-corrected chi connectivity index (χ4v) is 1.76. The molecule has 8 heteroatoms. The van der Waals surface area contributed by atoms with Crippen LogP contribution in [0.3, 0.4) is 0 Å². The normalized spacial score (nSPS) is 10.8. The highest BCUT2D eigenvalue weighted by atomic mass is 19.1. The summed E-state index contributed by atoms with van der Waals surface area (Å²) in [5.74, 6) is -1.62. The minimum absolute atomic E-state index is 0.0353. The van der Waals surface area contributed by atoms with Gasteiger partial charge in [-0.15, -0.1) is 0 Å². The molecule has 0 radical (unpaired) electrons. The fraction of sp³-hybridized carbons (Fsp3) is 0. The SMILES string of the molecule is O=C(O)c1cnn(-c2nc3ccc(F)cc3c(=O)[nH]2)c1. The van der Waals surface area contributed by atoms with Gasteiger partial charge in [0, 0.05) is 6.20 Å². The molecule has 0 aliphatic rings. The van der Waals surface area contributed by atoms with Gasteiger partial charge in [0.1, 0.15) is 5.82 Å². The summed E-state index contributed by atoms with van der Waals surface area (Å²) in [6.45, 7) is 0. The number of nitrogens with zero attached hydrogens (tertiary/aromatic N) is 3. The van der Waals surface area contributed by atoms with E-state index in [9.17, 15) is 14.0 Å². The van der Waals surface area contributed by atoms with E-state index in [2.05, 4.69) is 15.1 Å². The van der Waals surface area contributed by atoms with Crippen molar-refractivity contribution >= 4 is 16.9 Å². The summed E-state index contributed by atoms with van der Waals surface area (Å²) >= 11 is 0. The Morgan fingerprint density at radius 2 is 2.20 bits per heavy atom. The van der Waals surface area contributed by atoms with Gasteiger partial charge in [-0.2, -0.15) is 5.10 Å². The Hall–Kier alpha value is -3.03. The van der Waals surface area contributed by atoms with E-state index in [1.165, 1.54) is 18.3 Å². The number of nitrogens with one attached hydrogen (secondary N) is 1. The van der Waals surface area contributed by atoms with Crippen molar-refractivity contribution in [3.63, 3.8) is 0 Å². The van der Waals surface area contributed by atoms with Crippen LogP contribution in [0.5, 0.6) is 0 Å². The lowest BCUT2D eigenvalue weighted by molar-refractivity contribution is 0.0697. The van der Waals surface area contributed by atoms with Gasteiger partial charge in [0.25, 0.3) is 5.56 Å². The van der Waals surface area contributed by atoms with Gasteiger partial charge in [-0.25, -0.2) is 18.9 Å². The number of hydrogen-bond acceptors (Lipinski definition) is 4. The molecule has 1 aromatic carbocycles. The van der Waals surface area contributed by atoms with Gasteiger partial charge in [-0.3, -0.25) is 9.78 Å². The van der Waals surface area contributed by atoms with Crippen molar-refractivity contribution in [3.8, 4) is 5.95 Å². The van der Waals surface area contributed by atoms with Crippen molar-refractivity contribution in [2.75, 3.05) is 0 Å². The van der Waals surface area contributed by atoms with Gasteiger partial charge in [0.05, 0.1) is 22.7 Å². The number of aromatic nitrogens is 4. The highest BCUT2D eigenvalue weighted by molar-refractivity contribution is 5.87. The fourth-order valence-electron chi connectivity index (χ4n) is 1.76. The van der Waals surface area contributed by atoms with Crippen LogP contribution >= 0.6 is 0 Å². The first-order chi connectivity index (χ1) is 9.54. The molecular formula is C12H7FN4O3. The molecule has 0 bridgehead atoms. The summed E-state index contributed by atoms with van der Waals surface area (Å²) in [5, 5.41) is 12.7. The first-order valence-electron chi connectivity index (χ1n) is 5.52. The van der Waals surface area contributed by atoms with Gasteiger partial charge in [-0.1, -0.05) is 0 Å². The molecule has 2 aromatic heterocycles. The Morgan fingerprint density at radius 1 is 1.40 bits per heavy atom. The first kappa shape index (κ1) is 12.0. The van der Waals surface area contributed by atoms with Crippen LogP contribution in [0.4, 0.5) is 4.39 Å². The number of aromatic amines is 1. The average Bonchev–Trinajstić information content (AvgIpc) is 2.89. The topological polar surface area (TPSA) is 101 Å². The summed E-state index contributed by atoms with van der Waals surface area (Å²) < 4.78 is 14.2. The van der Waals surface area contributed by atoms with E-state index in [1.54, 1.807) is 0 Å². The molecule has 3 aromatic rings. The number of carbonyl (C=O) groups is 1. The highest BCUT2D eigenvalue weighted by Crippen LogP contribution is 2.11. The van der Waals surface area contributed by atoms with Gasteiger partial charge >= 0.3 is 5.97 Å². The summed E-state index contributed by atoms with van der Waals surface area (Å²) in [6.07, 6.45) is 2.35. The van der Waals surface area contributed by atoms with E-state index in [0.29, 0.717) is 0 Å². The van der Waals surface area contributed by atoms with Crippen LogP contribution in [-0.4, -0.2) is 30.8 Å². The molecule has 0 aliphatic heterocycles. The molecule has 0 aliphatic carbocycles. The van der Waals surface area contributed by atoms with E-state index in [-0.39, 0.29) is 22.4 Å². The molecule has 0 saturated carbocycles. The van der Waals surface area contributed by atoms with E-state index in [1.807, 2.05) is 0 Å². The Balaban J connectivity index is 2.19. The second kappa shape index (κ2) is 4.26. The first-order valence-corrected chi connectivity index (χ1v) is 5.52. The van der Waals surface area contributed by atoms with Gasteiger partial charge in [-0.05, 0) is 18.2 Å². The zero-order valence-corrected chi connectivity index (χ0v) is 9.87. The maximum atomic E-state index is 13.1. The maximum absolute atomic E-state index is 13.1. The van der Waals surface area contributed by atoms with E-state index < -0.39 is 17.3 Å². The molecule has 0 fully saturated rings.